The number of nitrogens with zero attached hydrogens (tertiary/aromatic N) is 3. The number of benzene rings is 4. The predicted octanol–water partition coefficient (Wildman–Crippen LogP) is 5.74. The van der Waals surface area contributed by atoms with Crippen LogP contribution in [0.5, 0.6) is 5.75 Å². The molecule has 8 N–H and O–H groups in total. The average Bonchev–Trinajstić information content (AvgIpc) is 3.30. The Hall–Kier alpha value is -7.12. The van der Waals surface area contributed by atoms with Crippen LogP contribution in [-0.2, 0) is 25.7 Å². The van der Waals surface area contributed by atoms with E-state index in [1.54, 1.807) is 67.3 Å². The summed E-state index contributed by atoms with van der Waals surface area (Å²) in [4.78, 5) is 80.3. The molecule has 0 radical (unpaired) electrons. The van der Waals surface area contributed by atoms with Crippen molar-refractivity contribution in [2.24, 2.45) is 23.3 Å². The Morgan fingerprint density at radius 2 is 1.40 bits per heavy atom. The van der Waals surface area contributed by atoms with Crippen molar-refractivity contribution in [3.05, 3.63) is 125 Å². The lowest BCUT2D eigenvalue weighted by atomic mass is 9.78. The molecule has 0 spiro atoms. The van der Waals surface area contributed by atoms with Gasteiger partial charge in [-0.3, -0.25) is 14.4 Å². The molecule has 5 rings (SSSR count). The van der Waals surface area contributed by atoms with Crippen LogP contribution in [0.15, 0.2) is 97.1 Å². The molecule has 1 saturated heterocycles. The third-order valence-corrected chi connectivity index (χ3v) is 11.4. The van der Waals surface area contributed by atoms with Crippen molar-refractivity contribution in [3.8, 4) is 5.75 Å². The fourth-order valence-electron chi connectivity index (χ4n) is 7.21. The van der Waals surface area contributed by atoms with Crippen molar-refractivity contribution in [1.29, 1.82) is 0 Å². The van der Waals surface area contributed by atoms with Gasteiger partial charge in [0.05, 0.1) is 24.1 Å². The number of urea groups is 1. The Balaban J connectivity index is 1.09. The first-order valence-corrected chi connectivity index (χ1v) is 21.8. The van der Waals surface area contributed by atoms with Gasteiger partial charge in [0.25, 0.3) is 0 Å². The van der Waals surface area contributed by atoms with Crippen LogP contribution in [0, 0.1) is 23.5 Å². The van der Waals surface area contributed by atoms with Crippen molar-refractivity contribution in [1.82, 2.24) is 20.4 Å². The smallest absolute Gasteiger partial charge is 0.415 e. The van der Waals surface area contributed by atoms with E-state index < -0.39 is 71.8 Å². The predicted molar refractivity (Wildman–Crippen MR) is 245 cm³/mol. The number of nitrogens with one attached hydrogen (secondary N) is 3. The minimum Gasteiger partial charge on any atom is -0.445 e. The summed E-state index contributed by atoms with van der Waals surface area (Å²) in [5.41, 5.74) is 13.9. The molecule has 5 atom stereocenters. The van der Waals surface area contributed by atoms with E-state index in [0.29, 0.717) is 35.3 Å². The Morgan fingerprint density at radius 3 is 2.00 bits per heavy atom. The number of carbonyl (C=O) groups excluding carboxylic acids is 6. The highest BCUT2D eigenvalue weighted by Gasteiger charge is 2.48. The van der Waals surface area contributed by atoms with Crippen molar-refractivity contribution < 1.29 is 52.1 Å². The maximum atomic E-state index is 13.8. The number of rotatable bonds is 21. The van der Waals surface area contributed by atoms with E-state index in [-0.39, 0.29) is 56.7 Å². The van der Waals surface area contributed by atoms with Crippen molar-refractivity contribution in [2.45, 2.75) is 70.4 Å². The highest BCUT2D eigenvalue weighted by atomic mass is 19.1. The number of β-lactam (4-membered cyclic amide) rings is 1. The molecule has 67 heavy (non-hydrogen) atoms. The molecule has 358 valence electrons. The van der Waals surface area contributed by atoms with Gasteiger partial charge in [-0.25, -0.2) is 23.2 Å². The Labute approximate surface area is 387 Å². The molecular weight excluding hydrogens is 871 g/mol. The topological polar surface area (TPSA) is 239 Å². The van der Waals surface area contributed by atoms with Crippen LogP contribution in [0.4, 0.5) is 34.5 Å². The van der Waals surface area contributed by atoms with Crippen molar-refractivity contribution in [2.75, 3.05) is 43.9 Å². The molecule has 4 aromatic rings. The average molecular weight is 929 g/mol. The van der Waals surface area contributed by atoms with E-state index in [0.717, 1.165) is 5.56 Å². The fourth-order valence-corrected chi connectivity index (χ4v) is 7.21. The van der Waals surface area contributed by atoms with Gasteiger partial charge in [-0.2, -0.15) is 0 Å². The Bertz CT molecular complexity index is 2320. The van der Waals surface area contributed by atoms with Gasteiger partial charge in [0.2, 0.25) is 17.7 Å². The van der Waals surface area contributed by atoms with E-state index in [2.05, 4.69) is 16.0 Å². The largest absolute Gasteiger partial charge is 0.445 e. The van der Waals surface area contributed by atoms with E-state index >= 15 is 0 Å². The van der Waals surface area contributed by atoms with Gasteiger partial charge >= 0.3 is 18.2 Å². The monoisotopic (exact) mass is 928 g/mol. The second-order valence-corrected chi connectivity index (χ2v) is 16.7. The van der Waals surface area contributed by atoms with Crippen LogP contribution < -0.4 is 37.1 Å². The number of aliphatic hydroxyl groups is 1. The highest BCUT2D eigenvalue weighted by molar-refractivity contribution is 6.03. The molecule has 0 aliphatic carbocycles. The van der Waals surface area contributed by atoms with E-state index in [1.165, 1.54) is 72.4 Å². The fraction of sp³-hybridized carbons (Fsp3) is 0.375. The third kappa shape index (κ3) is 14.4. The molecule has 4 aromatic carbocycles. The van der Waals surface area contributed by atoms with E-state index in [1.807, 2.05) is 0 Å². The zero-order valence-corrected chi connectivity index (χ0v) is 37.8. The first-order valence-electron chi connectivity index (χ1n) is 21.8. The number of primary amides is 1. The zero-order chi connectivity index (χ0) is 48.8. The molecule has 0 aromatic heterocycles. The standard InChI is InChI=1S/C48H58F2N8O9/c1-29(2)41(51)44(61)55-39(6-5-25-53-46(52)63)43(60)54-35-17-7-30(8-18-35)28-66-47(64)56(3)26-27-57(4)48(65)67-37-21-11-32(12-22-37)42-38(23-24-40(59)31-9-13-33(49)14-10-31)45(62)58(42)36-19-15-34(50)16-20-36/h7-22,29,38-42,59H,5-6,23-28,51H2,1-4H3,(H,54,60)(H,55,61)(H3,52,53,63)/t38-,39+,40+,41+,42-/m1/s1. The van der Waals surface area contributed by atoms with E-state index in [4.69, 9.17) is 20.9 Å². The lowest BCUT2D eigenvalue weighted by Crippen LogP contribution is -2.55. The molecule has 0 unspecified atom stereocenters. The number of aliphatic hydroxyl groups excluding tert-OH is 1. The number of hydrogen-bond acceptors (Lipinski definition) is 10. The molecule has 7 amide bonds. The van der Waals surface area contributed by atoms with Crippen molar-refractivity contribution in [3.63, 3.8) is 0 Å². The normalized spacial score (nSPS) is 15.7. The third-order valence-electron chi connectivity index (χ3n) is 11.4. The van der Waals surface area contributed by atoms with Crippen LogP contribution in [0.2, 0.25) is 0 Å². The first-order chi connectivity index (χ1) is 31.9. The molecule has 0 bridgehead atoms. The highest BCUT2D eigenvalue weighted by Crippen LogP contribution is 2.46. The number of anilines is 2. The number of nitrogens with two attached hydrogens (primary N) is 2. The molecule has 1 aliphatic heterocycles. The molecule has 19 heteroatoms. The van der Waals surface area contributed by atoms with Gasteiger partial charge in [0.15, 0.2) is 0 Å². The van der Waals surface area contributed by atoms with E-state index in [9.17, 15) is 42.7 Å². The van der Waals surface area contributed by atoms with Crippen molar-refractivity contribution >= 4 is 47.3 Å². The van der Waals surface area contributed by atoms with Gasteiger partial charge in [-0.1, -0.05) is 50.2 Å². The molecule has 0 saturated carbocycles. The number of carbonyl (C=O) groups is 6. The van der Waals surface area contributed by atoms with Gasteiger partial charge in [-0.15, -0.1) is 0 Å². The summed E-state index contributed by atoms with van der Waals surface area (Å²) in [6.45, 7) is 3.92. The van der Waals surface area contributed by atoms with Crippen LogP contribution in [0.25, 0.3) is 0 Å². The molecule has 1 heterocycles. The van der Waals surface area contributed by atoms with Gasteiger partial charge in [0.1, 0.15) is 30.0 Å². The number of likely N-dealkylation sites (N-methyl/N-ethyl adjacent to an activating group) is 2. The Kier molecular flexibility index (Phi) is 18.1. The molecule has 17 nitrogen and oxygen atoms in total. The lowest BCUT2D eigenvalue weighted by Gasteiger charge is -2.48. The van der Waals surface area contributed by atoms with Crippen LogP contribution in [0.1, 0.15) is 68.4 Å². The zero-order valence-electron chi connectivity index (χ0n) is 37.8. The summed E-state index contributed by atoms with van der Waals surface area (Å²) in [6.07, 6.45) is -1.12. The maximum Gasteiger partial charge on any atom is 0.415 e. The second-order valence-electron chi connectivity index (χ2n) is 16.7. The van der Waals surface area contributed by atoms with Crippen LogP contribution >= 0.6 is 0 Å². The Morgan fingerprint density at radius 1 is 0.806 bits per heavy atom. The SMILES string of the molecule is CC(C)[C@H](N)C(=O)N[C@@H](CCCNC(N)=O)C(=O)Nc1ccc(COC(=O)N(C)CCN(C)C(=O)Oc2ccc([C@@H]3[C@@H](CC[C@H](O)c4ccc(F)cc4)C(=O)N3c3ccc(F)cc3)cc2)cc1. The minimum atomic E-state index is -0.936. The van der Waals surface area contributed by atoms with Gasteiger partial charge < -0.3 is 56.7 Å². The molecule has 1 aliphatic rings. The second kappa shape index (κ2) is 23.9. The summed E-state index contributed by atoms with van der Waals surface area (Å²) in [5, 5.41) is 18.7. The summed E-state index contributed by atoms with van der Waals surface area (Å²) in [5.74, 6) is -2.48. The van der Waals surface area contributed by atoms with Crippen LogP contribution in [0.3, 0.4) is 0 Å². The maximum absolute atomic E-state index is 13.8. The summed E-state index contributed by atoms with van der Waals surface area (Å²) >= 11 is 0. The minimum absolute atomic E-state index is 0.0840. The molecule has 1 fully saturated rings. The lowest BCUT2D eigenvalue weighted by molar-refractivity contribution is -0.131. The molecular formula is C48H58F2N8O9. The summed E-state index contributed by atoms with van der Waals surface area (Å²) in [7, 11) is 3.03. The number of halogens is 2. The van der Waals surface area contributed by atoms with Gasteiger partial charge in [-0.05, 0) is 109 Å². The quantitative estimate of drug-likeness (QED) is 0.0438. The number of ether oxygens (including phenoxy) is 2. The van der Waals surface area contributed by atoms with Crippen LogP contribution in [-0.4, -0.2) is 96.7 Å². The summed E-state index contributed by atoms with van der Waals surface area (Å²) < 4.78 is 38.2. The number of amides is 7. The first kappa shape index (κ1) is 50.9. The summed E-state index contributed by atoms with van der Waals surface area (Å²) in [6, 6.07) is 21.4. The number of hydrogen-bond donors (Lipinski definition) is 6. The van der Waals surface area contributed by atoms with Gasteiger partial charge in [0, 0.05) is 45.1 Å².